The van der Waals surface area contributed by atoms with Crippen LogP contribution in [0.1, 0.15) is 284 Å². The topological polar surface area (TPSA) is 183 Å². The standard InChI is InChI=1S/C70H113NO14/c1-8-10-12-14-16-18-20-22-24-26-28-30-32-34-58(72)79-49-54(50-80-59(73)35-33-31-29-27-25-23-21-19-17-15-13-11-9-2)83-61(75)41-40-60(74)81-51-82-65(76)84-55-39-38-53-46-57-68-42-43-70(78-7,56(47-68)67(6,77)66(3,4)5)64-69(68,62(53)63(55)85-64)44-45-71(57)48-52-36-37-52/h38-39,52,54,56-57,64,77H,8-37,40-51H2,1-7H3/t56-,57?,64-,67+,68-,69+,70?/m1/s1. The van der Waals surface area contributed by atoms with Gasteiger partial charge in [0.2, 0.25) is 6.79 Å². The second-order valence-corrected chi connectivity index (χ2v) is 27.9. The number of benzene rings is 1. The highest BCUT2D eigenvalue weighted by Gasteiger charge is 2.82. The number of hydrogen-bond donors (Lipinski definition) is 1. The maximum Gasteiger partial charge on any atom is 0.516 e. The van der Waals surface area contributed by atoms with Crippen molar-refractivity contribution in [2.24, 2.45) is 22.7 Å². The Hall–Kier alpha value is -3.95. The van der Waals surface area contributed by atoms with Crippen LogP contribution in [0.5, 0.6) is 11.5 Å². The molecule has 482 valence electrons. The molecule has 2 aliphatic heterocycles. The second kappa shape index (κ2) is 33.0. The normalized spacial score (nSPS) is 24.3. The second-order valence-electron chi connectivity index (χ2n) is 27.9. The first-order chi connectivity index (χ1) is 41.0. The zero-order valence-electron chi connectivity index (χ0n) is 53.9. The lowest BCUT2D eigenvalue weighted by molar-refractivity contribution is -0.312. The summed E-state index contributed by atoms with van der Waals surface area (Å²) >= 11 is 0. The smallest absolute Gasteiger partial charge is 0.482 e. The van der Waals surface area contributed by atoms with E-state index in [1.54, 1.807) is 13.2 Å². The van der Waals surface area contributed by atoms with Crippen LogP contribution < -0.4 is 9.47 Å². The Bertz CT molecular complexity index is 2230. The minimum Gasteiger partial charge on any atom is -0.482 e. The van der Waals surface area contributed by atoms with Crippen molar-refractivity contribution >= 4 is 30.0 Å². The van der Waals surface area contributed by atoms with E-state index in [9.17, 15) is 29.1 Å². The molecule has 1 N–H and O–H groups in total. The molecule has 4 bridgehead atoms. The van der Waals surface area contributed by atoms with Gasteiger partial charge in [-0.25, -0.2) is 4.79 Å². The molecule has 0 amide bonds. The summed E-state index contributed by atoms with van der Waals surface area (Å²) in [5.41, 5.74) is -0.659. The van der Waals surface area contributed by atoms with Gasteiger partial charge in [-0.05, 0) is 94.2 Å². The lowest BCUT2D eigenvalue weighted by Crippen LogP contribution is -2.83. The van der Waals surface area contributed by atoms with Crippen LogP contribution in [0, 0.1) is 22.7 Å². The van der Waals surface area contributed by atoms with Crippen molar-refractivity contribution in [3.63, 3.8) is 0 Å². The van der Waals surface area contributed by atoms with E-state index in [0.29, 0.717) is 18.6 Å². The molecule has 85 heavy (non-hydrogen) atoms. The van der Waals surface area contributed by atoms with E-state index < -0.39 is 71.1 Å². The van der Waals surface area contributed by atoms with Gasteiger partial charge in [-0.1, -0.05) is 195 Å². The number of methoxy groups -OCH3 is 1. The van der Waals surface area contributed by atoms with Gasteiger partial charge in [0, 0.05) is 54.8 Å². The summed E-state index contributed by atoms with van der Waals surface area (Å²) in [4.78, 5) is 67.9. The van der Waals surface area contributed by atoms with Gasteiger partial charge in [0.15, 0.2) is 17.6 Å². The quantitative estimate of drug-likeness (QED) is 0.0214. The largest absolute Gasteiger partial charge is 0.516 e. The first-order valence-electron chi connectivity index (χ1n) is 34.3. The lowest BCUT2D eigenvalue weighted by Gasteiger charge is -2.75. The number of likely N-dealkylation sites (tertiary alicyclic amines) is 1. The first kappa shape index (κ1) is 68.5. The number of piperidine rings is 1. The predicted octanol–water partition coefficient (Wildman–Crippen LogP) is 15.5. The Morgan fingerprint density at radius 2 is 1.14 bits per heavy atom. The van der Waals surface area contributed by atoms with Gasteiger partial charge in [-0.3, -0.25) is 24.1 Å². The van der Waals surface area contributed by atoms with Gasteiger partial charge in [0.25, 0.3) is 0 Å². The van der Waals surface area contributed by atoms with Crippen LogP contribution in [-0.4, -0.2) is 110 Å². The number of carbonyl (C=O) groups is 5. The fourth-order valence-corrected chi connectivity index (χ4v) is 15.6. The molecule has 15 nitrogen and oxygen atoms in total. The number of nitrogens with zero attached hydrogens (tertiary/aromatic N) is 1. The van der Waals surface area contributed by atoms with Gasteiger partial charge < -0.3 is 43.0 Å². The lowest BCUT2D eigenvalue weighted by atomic mass is 9.33. The molecular weight excluding hydrogens is 1080 g/mol. The molecule has 15 heteroatoms. The van der Waals surface area contributed by atoms with Crippen LogP contribution in [-0.2, 0) is 59.4 Å². The number of esters is 4. The van der Waals surface area contributed by atoms with E-state index in [1.807, 2.05) is 6.92 Å². The van der Waals surface area contributed by atoms with E-state index in [-0.39, 0.29) is 62.0 Å². The number of hydrogen-bond acceptors (Lipinski definition) is 15. The third kappa shape index (κ3) is 17.7. The van der Waals surface area contributed by atoms with E-state index in [2.05, 4.69) is 45.6 Å². The van der Waals surface area contributed by atoms with Crippen molar-refractivity contribution in [2.45, 2.75) is 314 Å². The summed E-state index contributed by atoms with van der Waals surface area (Å²) in [5, 5.41) is 12.6. The SMILES string of the molecule is CCCCCCCCCCCCCCCC(=O)OCC(COC(=O)CCCCCCCCCCCCCCC)OC(=O)CCC(=O)OCOC(=O)Oc1ccc2c3c1O[C@H]1C4(OC)CC[C@@]5(C[C@@H]4[C@](C)(O)C(C)(C)C)C(C2)N(CC2CC2)CC[C@]315. The van der Waals surface area contributed by atoms with Crippen LogP contribution in [0.3, 0.4) is 0 Å². The average Bonchev–Trinajstić information content (AvgIpc) is 1.61. The molecule has 2 heterocycles. The first-order valence-corrected chi connectivity index (χ1v) is 34.3. The number of unbranched alkanes of at least 4 members (excludes halogenated alkanes) is 24. The molecule has 5 fully saturated rings. The fourth-order valence-electron chi connectivity index (χ4n) is 15.6. The molecule has 7 atom stereocenters. The van der Waals surface area contributed by atoms with Gasteiger partial charge in [0.1, 0.15) is 24.9 Å². The summed E-state index contributed by atoms with van der Waals surface area (Å²) in [5.74, 6) is -1.18. The zero-order valence-corrected chi connectivity index (χ0v) is 53.9. The van der Waals surface area contributed by atoms with Crippen LogP contribution >= 0.6 is 0 Å². The van der Waals surface area contributed by atoms with Crippen molar-refractivity contribution < 1.29 is 67.0 Å². The Labute approximate surface area is 511 Å². The summed E-state index contributed by atoms with van der Waals surface area (Å²) in [6.45, 7) is 13.4. The Balaban J connectivity index is 0.860. The predicted molar refractivity (Wildman–Crippen MR) is 328 cm³/mol. The van der Waals surface area contributed by atoms with Crippen LogP contribution in [0.2, 0.25) is 0 Å². The molecule has 0 aromatic heterocycles. The highest BCUT2D eigenvalue weighted by atomic mass is 16.8. The van der Waals surface area contributed by atoms with Crippen LogP contribution in [0.15, 0.2) is 12.1 Å². The van der Waals surface area contributed by atoms with Crippen molar-refractivity contribution in [2.75, 3.05) is 40.2 Å². The Kier molecular flexibility index (Phi) is 26.6. The number of aliphatic hydroxyl groups is 1. The molecule has 1 aromatic rings. The number of fused-ring (bicyclic) bond motifs is 2. The van der Waals surface area contributed by atoms with Crippen molar-refractivity contribution in [3.8, 4) is 11.5 Å². The summed E-state index contributed by atoms with van der Waals surface area (Å²) in [6.07, 6.45) is 34.9. The van der Waals surface area contributed by atoms with E-state index in [1.165, 1.54) is 134 Å². The Morgan fingerprint density at radius 3 is 1.65 bits per heavy atom. The highest BCUT2D eigenvalue weighted by molar-refractivity contribution is 5.78. The van der Waals surface area contributed by atoms with E-state index >= 15 is 0 Å². The third-order valence-corrected chi connectivity index (χ3v) is 21.1. The van der Waals surface area contributed by atoms with E-state index in [4.69, 9.17) is 37.9 Å². The summed E-state index contributed by atoms with van der Waals surface area (Å²) < 4.78 is 47.0. The van der Waals surface area contributed by atoms with Crippen molar-refractivity contribution in [1.82, 2.24) is 4.90 Å². The minimum absolute atomic E-state index is 0.194. The number of carbonyl (C=O) groups excluding carboxylic acids is 5. The average molecular weight is 1190 g/mol. The van der Waals surface area contributed by atoms with E-state index in [0.717, 1.165) is 95.2 Å². The fraction of sp³-hybridized carbons (Fsp3) is 0.843. The molecule has 1 saturated heterocycles. The molecule has 2 spiro atoms. The van der Waals surface area contributed by atoms with Crippen LogP contribution in [0.25, 0.3) is 0 Å². The van der Waals surface area contributed by atoms with Gasteiger partial charge in [-0.15, -0.1) is 0 Å². The van der Waals surface area contributed by atoms with Crippen LogP contribution in [0.4, 0.5) is 4.79 Å². The maximum absolute atomic E-state index is 13.4. The van der Waals surface area contributed by atoms with Gasteiger partial charge >= 0.3 is 30.0 Å². The molecule has 1 aromatic carbocycles. The van der Waals surface area contributed by atoms with Gasteiger partial charge in [0.05, 0.1) is 18.4 Å². The number of rotatable bonds is 43. The Morgan fingerprint density at radius 1 is 0.635 bits per heavy atom. The minimum atomic E-state index is -1.09. The molecular formula is C70H113NO14. The molecule has 8 rings (SSSR count). The van der Waals surface area contributed by atoms with Gasteiger partial charge in [-0.2, -0.15) is 0 Å². The molecule has 4 saturated carbocycles. The third-order valence-electron chi connectivity index (χ3n) is 21.1. The highest BCUT2D eigenvalue weighted by Crippen LogP contribution is 2.78. The zero-order chi connectivity index (χ0) is 60.9. The molecule has 5 aliphatic carbocycles. The summed E-state index contributed by atoms with van der Waals surface area (Å²) in [7, 11) is 1.76. The monoisotopic (exact) mass is 1190 g/mol. The maximum atomic E-state index is 13.4. The van der Waals surface area contributed by atoms with Crippen molar-refractivity contribution in [1.29, 1.82) is 0 Å². The molecule has 7 aliphatic rings. The van der Waals surface area contributed by atoms with Crippen molar-refractivity contribution in [3.05, 3.63) is 23.3 Å². The molecule has 0 radical (unpaired) electrons. The number of ether oxygens (including phenoxy) is 8. The summed E-state index contributed by atoms with van der Waals surface area (Å²) in [6, 6.07) is 4.09. The molecule has 2 unspecified atom stereocenters.